The second kappa shape index (κ2) is 30.2. The van der Waals surface area contributed by atoms with Crippen molar-refractivity contribution in [1.29, 1.82) is 0 Å². The lowest BCUT2D eigenvalue weighted by molar-refractivity contribution is -0.382. The van der Waals surface area contributed by atoms with E-state index in [-0.39, 0.29) is 30.0 Å². The third-order valence-electron chi connectivity index (χ3n) is 17.6. The van der Waals surface area contributed by atoms with Crippen molar-refractivity contribution in [2.45, 2.75) is 164 Å². The Kier molecular flexibility index (Phi) is 23.5. The molecule has 6 aromatic rings. The van der Waals surface area contributed by atoms with Crippen LogP contribution in [0.25, 0.3) is 0 Å². The summed E-state index contributed by atoms with van der Waals surface area (Å²) < 4.78 is 181. The molecule has 0 spiro atoms. The monoisotopic (exact) mass is 1330 g/mol. The van der Waals surface area contributed by atoms with Crippen molar-refractivity contribution < 1.29 is 80.5 Å². The maximum absolute atomic E-state index is 14.1. The van der Waals surface area contributed by atoms with Crippen LogP contribution in [-0.4, -0.2) is 110 Å². The van der Waals surface area contributed by atoms with Gasteiger partial charge in [0.25, 0.3) is 0 Å². The summed E-state index contributed by atoms with van der Waals surface area (Å²) in [6, 6.07) is 46.3. The topological polar surface area (TPSA) is 114 Å². The Labute approximate surface area is 541 Å². The van der Waals surface area contributed by atoms with Gasteiger partial charge in [-0.05, 0) is 211 Å². The molecule has 2 saturated heterocycles. The molecule has 0 unspecified atom stereocenters. The fourth-order valence-electron chi connectivity index (χ4n) is 13.2. The van der Waals surface area contributed by atoms with Gasteiger partial charge in [0.1, 0.15) is 28.5 Å². The first-order chi connectivity index (χ1) is 43.8. The van der Waals surface area contributed by atoms with E-state index in [1.165, 1.54) is 40.1 Å². The molecule has 0 aromatic heterocycles. The normalized spacial score (nSPS) is 19.6. The van der Waals surface area contributed by atoms with Gasteiger partial charge in [-0.25, -0.2) is 0 Å². The van der Waals surface area contributed by atoms with E-state index in [4.69, 9.17) is 28.4 Å². The van der Waals surface area contributed by atoms with E-state index in [1.807, 2.05) is 63.2 Å². The molecule has 0 saturated carbocycles. The van der Waals surface area contributed by atoms with Crippen LogP contribution in [0.4, 0.5) is 45.2 Å². The standard InChI is InChI=1S/C34H43NO3.C30H27F9O4S.C8H17NO2/c1-34(2,3)38-29-16-18-31-27(23-29)13-17-30(24-9-7-6-8-10-24)32(31)25-11-14-28(15-12-25)35-21-19-26(20-22-35)33(36-4)37-5;1-26(2,3)42-22-14-16-24-20(17-22)11-15-23(18-7-5-4-6-8-18)25(24)19-9-12-21(13-10-19)43-44(40,41)30(38,39)28(33,34)27(31,32)29(35,36)37;1-10-8(11-2)7-3-5-9-6-4-7/h6-12,14-16,18,23,26,30,32-33H,13,17,19-22H2,1-5H3;4-10,12-14,16-17,23,25H,11,15H2,1-3H3;7-9H,3-6H2,1-2H3/t30-,32+;23-,25+;/m11./s1. The summed E-state index contributed by atoms with van der Waals surface area (Å²) in [6.45, 7) is 16.2. The summed E-state index contributed by atoms with van der Waals surface area (Å²) in [5.74, 6) is -12.8. The van der Waals surface area contributed by atoms with E-state index >= 15 is 0 Å². The molecule has 2 heterocycles. The van der Waals surface area contributed by atoms with E-state index in [0.717, 1.165) is 99.3 Å². The second-order valence-electron chi connectivity index (χ2n) is 26.2. The molecule has 21 heteroatoms. The second-order valence-corrected chi connectivity index (χ2v) is 27.8. The Morgan fingerprint density at radius 1 is 0.462 bits per heavy atom. The van der Waals surface area contributed by atoms with Crippen LogP contribution in [0.2, 0.25) is 0 Å². The molecule has 2 aliphatic heterocycles. The van der Waals surface area contributed by atoms with Crippen LogP contribution >= 0.6 is 0 Å². The van der Waals surface area contributed by atoms with Gasteiger partial charge in [0.2, 0.25) is 0 Å². The molecule has 1 N–H and O–H groups in total. The molecule has 4 aliphatic rings. The number of alkyl halides is 9. The van der Waals surface area contributed by atoms with Crippen molar-refractivity contribution in [3.63, 3.8) is 0 Å². The number of methoxy groups -OCH3 is 4. The SMILES string of the molecule is CC(C)(C)Oc1ccc2c(c1)CC[C@H](c1ccccc1)[C@@H]2c1ccc(OS(=O)(=O)C(F)(F)C(F)(F)C(F)(F)C(F)(F)F)cc1.COC(OC)C1CCN(c2ccc([C@@H]3c4ccc(OC(C)(C)C)cc4CC[C@@H]3c3ccccc3)cc2)CC1.COC(OC)C1CCNCC1. The molecule has 10 rings (SSSR count). The molecule has 0 bridgehead atoms. The van der Waals surface area contributed by atoms with Crippen molar-refractivity contribution in [2.24, 2.45) is 11.8 Å². The number of nitrogens with one attached hydrogen (secondary N) is 1. The summed E-state index contributed by atoms with van der Waals surface area (Å²) in [4.78, 5) is 2.50. The van der Waals surface area contributed by atoms with Gasteiger partial charge in [-0.2, -0.15) is 47.9 Å². The quantitative estimate of drug-likeness (QED) is 0.0504. The number of ether oxygens (including phenoxy) is 6. The minimum atomic E-state index is -7.39. The fourth-order valence-corrected chi connectivity index (χ4v) is 14.1. The van der Waals surface area contributed by atoms with Crippen LogP contribution in [0.15, 0.2) is 146 Å². The highest BCUT2D eigenvalue weighted by molar-refractivity contribution is 7.88. The zero-order valence-electron chi connectivity index (χ0n) is 54.4. The lowest BCUT2D eigenvalue weighted by Crippen LogP contribution is -2.63. The number of rotatable bonds is 18. The van der Waals surface area contributed by atoms with Crippen molar-refractivity contribution >= 4 is 15.8 Å². The Morgan fingerprint density at radius 2 is 0.849 bits per heavy atom. The minimum absolute atomic E-state index is 0.00269. The molecule has 508 valence electrons. The van der Waals surface area contributed by atoms with Crippen LogP contribution in [0, 0.1) is 11.8 Å². The first-order valence-electron chi connectivity index (χ1n) is 31.5. The summed E-state index contributed by atoms with van der Waals surface area (Å²) in [7, 11) is -0.162. The number of nitrogens with zero attached hydrogens (tertiary/aromatic N) is 1. The maximum Gasteiger partial charge on any atom is 0.460 e. The predicted octanol–water partition coefficient (Wildman–Crippen LogP) is 17.0. The number of anilines is 1. The van der Waals surface area contributed by atoms with E-state index < -0.39 is 44.7 Å². The van der Waals surface area contributed by atoms with Gasteiger partial charge in [0.05, 0.1) is 0 Å². The molecule has 2 fully saturated rings. The molecule has 4 atom stereocenters. The first kappa shape index (κ1) is 72.5. The Bertz CT molecular complexity index is 3440. The Hall–Kier alpha value is -6.36. The van der Waals surface area contributed by atoms with Gasteiger partial charge < -0.3 is 42.8 Å². The molecule has 6 aromatic carbocycles. The number of hydrogen-bond acceptors (Lipinski definition) is 11. The zero-order valence-corrected chi connectivity index (χ0v) is 55.2. The highest BCUT2D eigenvalue weighted by Gasteiger charge is 2.86. The molecule has 0 amide bonds. The highest BCUT2D eigenvalue weighted by atomic mass is 32.2. The van der Waals surface area contributed by atoms with Crippen molar-refractivity contribution in [3.8, 4) is 17.2 Å². The number of fused-ring (bicyclic) bond motifs is 2. The van der Waals surface area contributed by atoms with Crippen molar-refractivity contribution in [3.05, 3.63) is 190 Å². The molecular formula is C72H87F9N2O9S. The van der Waals surface area contributed by atoms with Gasteiger partial charge >= 0.3 is 33.4 Å². The van der Waals surface area contributed by atoms with E-state index in [9.17, 15) is 47.9 Å². The average molecular weight is 1330 g/mol. The maximum atomic E-state index is 14.1. The van der Waals surface area contributed by atoms with E-state index in [2.05, 4.69) is 108 Å². The van der Waals surface area contributed by atoms with Gasteiger partial charge in [0, 0.05) is 70.9 Å². The number of aryl methyl sites for hydroxylation is 2. The predicted molar refractivity (Wildman–Crippen MR) is 342 cm³/mol. The Morgan fingerprint density at radius 3 is 1.24 bits per heavy atom. The number of hydrogen-bond donors (Lipinski definition) is 1. The number of halogens is 9. The van der Waals surface area contributed by atoms with Crippen LogP contribution in [-0.2, 0) is 41.9 Å². The molecule has 11 nitrogen and oxygen atoms in total. The zero-order chi connectivity index (χ0) is 67.7. The highest BCUT2D eigenvalue weighted by Crippen LogP contribution is 2.56. The molecule has 93 heavy (non-hydrogen) atoms. The summed E-state index contributed by atoms with van der Waals surface area (Å²) in [5.41, 5.74) is 9.65. The fraction of sp³-hybridized carbons (Fsp3) is 0.500. The molecular weight excluding hydrogens is 1240 g/mol. The third-order valence-corrected chi connectivity index (χ3v) is 18.9. The molecule has 0 radical (unpaired) electrons. The summed E-state index contributed by atoms with van der Waals surface area (Å²) >= 11 is 0. The third kappa shape index (κ3) is 17.2. The van der Waals surface area contributed by atoms with Crippen molar-refractivity contribution in [1.82, 2.24) is 5.32 Å². The van der Waals surface area contributed by atoms with E-state index in [0.29, 0.717) is 47.8 Å². The lowest BCUT2D eigenvalue weighted by atomic mass is 9.69. The molecule has 2 aliphatic carbocycles. The van der Waals surface area contributed by atoms with Crippen LogP contribution in [0.3, 0.4) is 0 Å². The van der Waals surface area contributed by atoms with Crippen LogP contribution in [0.1, 0.15) is 148 Å². The Balaban J connectivity index is 0.000000206. The first-order valence-corrected chi connectivity index (χ1v) is 32.9. The summed E-state index contributed by atoms with van der Waals surface area (Å²) in [5, 5.41) is -3.65. The van der Waals surface area contributed by atoms with Crippen molar-refractivity contribution in [2.75, 3.05) is 59.5 Å². The largest absolute Gasteiger partial charge is 0.488 e. The smallest absolute Gasteiger partial charge is 0.460 e. The number of benzene rings is 6. The van der Waals surface area contributed by atoms with Gasteiger partial charge in [-0.3, -0.25) is 0 Å². The number of piperidine rings is 2. The van der Waals surface area contributed by atoms with Gasteiger partial charge in [-0.15, -0.1) is 0 Å². The lowest BCUT2D eigenvalue weighted by Gasteiger charge is -2.37. The van der Waals surface area contributed by atoms with Crippen LogP contribution in [0.5, 0.6) is 17.2 Å². The summed E-state index contributed by atoms with van der Waals surface area (Å²) in [6.07, 6.45) is 0.756. The van der Waals surface area contributed by atoms with Gasteiger partial charge in [0.15, 0.2) is 12.6 Å². The van der Waals surface area contributed by atoms with E-state index in [1.54, 1.807) is 34.5 Å². The van der Waals surface area contributed by atoms with Crippen LogP contribution < -0.4 is 23.9 Å². The minimum Gasteiger partial charge on any atom is -0.488 e. The van der Waals surface area contributed by atoms with Gasteiger partial charge in [-0.1, -0.05) is 97.1 Å². The average Bonchev–Trinajstić information content (AvgIpc) is 0.730.